The summed E-state index contributed by atoms with van der Waals surface area (Å²) in [7, 11) is -0.118. The van der Waals surface area contributed by atoms with E-state index in [0.717, 1.165) is 11.1 Å². The first kappa shape index (κ1) is 16.0. The van der Waals surface area contributed by atoms with Crippen LogP contribution in [0.5, 0.6) is 0 Å². The Labute approximate surface area is 160 Å². The predicted molar refractivity (Wildman–Crippen MR) is 115 cm³/mol. The van der Waals surface area contributed by atoms with Gasteiger partial charge in [-0.2, -0.15) is 0 Å². The Balaban J connectivity index is 1.77. The van der Waals surface area contributed by atoms with Crippen molar-refractivity contribution in [2.75, 3.05) is 0 Å². The molecule has 1 heterocycles. The Morgan fingerprint density at radius 3 is 1.96 bits per heavy atom. The van der Waals surface area contributed by atoms with Crippen molar-refractivity contribution in [2.45, 2.75) is 0 Å². The monoisotopic (exact) mass is 365 g/mol. The van der Waals surface area contributed by atoms with E-state index in [1.807, 2.05) is 36.4 Å². The molecule has 0 fully saturated rings. The van der Waals surface area contributed by atoms with E-state index in [4.69, 9.17) is 0 Å². The predicted octanol–water partition coefficient (Wildman–Crippen LogP) is 6.96. The lowest BCUT2D eigenvalue weighted by molar-refractivity contribution is 0.103. The number of benzene rings is 4. The van der Waals surface area contributed by atoms with Crippen molar-refractivity contribution in [3.63, 3.8) is 0 Å². The molecule has 0 aliphatic carbocycles. The van der Waals surface area contributed by atoms with Gasteiger partial charge in [-0.05, 0) is 42.5 Å². The van der Waals surface area contributed by atoms with Crippen molar-refractivity contribution in [1.82, 2.24) is 0 Å². The Morgan fingerprint density at radius 2 is 1.19 bits per heavy atom. The van der Waals surface area contributed by atoms with Crippen LogP contribution in [0.2, 0.25) is 0 Å². The summed E-state index contributed by atoms with van der Waals surface area (Å²) in [6.07, 6.45) is 0. The van der Waals surface area contributed by atoms with E-state index in [1.54, 1.807) is 0 Å². The first-order valence-electron chi connectivity index (χ1n) is 8.95. The van der Waals surface area contributed by atoms with Crippen LogP contribution >= 0.6 is 10.5 Å². The number of carbonyl (C=O) groups is 1. The number of rotatable bonds is 3. The highest BCUT2D eigenvalue weighted by atomic mass is 32.2. The maximum absolute atomic E-state index is 12.9. The van der Waals surface area contributed by atoms with Crippen LogP contribution in [0, 0.1) is 0 Å². The number of ketones is 1. The fraction of sp³-hybridized carbons (Fsp3) is 0. The summed E-state index contributed by atoms with van der Waals surface area (Å²) in [5.41, 5.74) is 1.47. The van der Waals surface area contributed by atoms with Crippen LogP contribution in [0.25, 0.3) is 25.1 Å². The van der Waals surface area contributed by atoms with Gasteiger partial charge in [-0.1, -0.05) is 60.7 Å². The lowest BCUT2D eigenvalue weighted by Crippen LogP contribution is -2.00. The second-order valence-electron chi connectivity index (χ2n) is 6.52. The van der Waals surface area contributed by atoms with Crippen molar-refractivity contribution in [3.05, 3.63) is 114 Å². The molecule has 1 atom stereocenters. The number of hydrogen-bond donors (Lipinski definition) is 0. The Morgan fingerprint density at radius 1 is 0.556 bits per heavy atom. The van der Waals surface area contributed by atoms with E-state index in [2.05, 4.69) is 66.7 Å². The molecule has 0 aliphatic heterocycles. The molecular formula is C25H17OS+. The van der Waals surface area contributed by atoms with Crippen molar-refractivity contribution in [3.8, 4) is 4.90 Å². The molecule has 0 saturated carbocycles. The van der Waals surface area contributed by atoms with Crippen LogP contribution in [0.3, 0.4) is 0 Å². The van der Waals surface area contributed by atoms with Gasteiger partial charge in [0, 0.05) is 32.4 Å². The van der Waals surface area contributed by atoms with Crippen molar-refractivity contribution >= 4 is 36.4 Å². The van der Waals surface area contributed by atoms with Gasteiger partial charge in [-0.25, -0.2) is 0 Å². The van der Waals surface area contributed by atoms with Gasteiger partial charge in [0.15, 0.2) is 20.1 Å². The van der Waals surface area contributed by atoms with Gasteiger partial charge in [0.1, 0.15) is 0 Å². The quantitative estimate of drug-likeness (QED) is 0.249. The van der Waals surface area contributed by atoms with E-state index in [0.29, 0.717) is 0 Å². The van der Waals surface area contributed by atoms with Crippen LogP contribution in [-0.4, -0.2) is 5.78 Å². The highest BCUT2D eigenvalue weighted by molar-refractivity contribution is 7.50. The van der Waals surface area contributed by atoms with E-state index in [9.17, 15) is 4.79 Å². The summed E-state index contributed by atoms with van der Waals surface area (Å²) >= 11 is 0. The zero-order chi connectivity index (χ0) is 18.2. The van der Waals surface area contributed by atoms with E-state index >= 15 is 0 Å². The van der Waals surface area contributed by atoms with Gasteiger partial charge in [0.05, 0.1) is 0 Å². The Bertz CT molecular complexity index is 1270. The highest BCUT2D eigenvalue weighted by Gasteiger charge is 2.24. The van der Waals surface area contributed by atoms with Gasteiger partial charge in [-0.15, -0.1) is 0 Å². The molecule has 128 valence electrons. The zero-order valence-electron chi connectivity index (χ0n) is 14.6. The molecule has 0 amide bonds. The fourth-order valence-electron chi connectivity index (χ4n) is 3.61. The third-order valence-electron chi connectivity index (χ3n) is 4.87. The molecule has 5 aromatic rings. The normalized spacial score (nSPS) is 11.8. The van der Waals surface area contributed by atoms with E-state index < -0.39 is 0 Å². The van der Waals surface area contributed by atoms with Crippen molar-refractivity contribution in [2.24, 2.45) is 0 Å². The molecule has 0 bridgehead atoms. The molecule has 0 aliphatic rings. The average Bonchev–Trinajstić information content (AvgIpc) is 3.08. The summed E-state index contributed by atoms with van der Waals surface area (Å²) in [5, 5.41) is 2.42. The molecule has 5 rings (SSSR count). The molecule has 4 aromatic carbocycles. The largest absolute Gasteiger partial charge is 0.289 e. The average molecular weight is 365 g/mol. The second-order valence-corrected chi connectivity index (χ2v) is 8.48. The summed E-state index contributed by atoms with van der Waals surface area (Å²) in [4.78, 5) is 14.2. The minimum absolute atomic E-state index is 0.0716. The number of fused-ring (bicyclic) bond motifs is 3. The summed E-state index contributed by atoms with van der Waals surface area (Å²) in [6.45, 7) is 0. The molecule has 0 spiro atoms. The van der Waals surface area contributed by atoms with Crippen LogP contribution in [0.1, 0.15) is 15.9 Å². The molecule has 1 nitrogen and oxygen atoms in total. The lowest BCUT2D eigenvalue weighted by atomic mass is 10.0. The van der Waals surface area contributed by atoms with Crippen LogP contribution in [0.15, 0.2) is 103 Å². The summed E-state index contributed by atoms with van der Waals surface area (Å²) < 4.78 is 2.63. The van der Waals surface area contributed by atoms with Crippen molar-refractivity contribution < 1.29 is 4.79 Å². The maximum atomic E-state index is 12.9. The smallest absolute Gasteiger partial charge is 0.193 e. The molecule has 0 saturated heterocycles. The van der Waals surface area contributed by atoms with Crippen LogP contribution in [0.4, 0.5) is 0 Å². The third kappa shape index (κ3) is 2.66. The topological polar surface area (TPSA) is 17.1 Å². The van der Waals surface area contributed by atoms with Gasteiger partial charge >= 0.3 is 0 Å². The van der Waals surface area contributed by atoms with E-state index in [1.165, 1.54) is 25.1 Å². The Hall–Kier alpha value is -3.23. The fourth-order valence-corrected chi connectivity index (χ4v) is 5.99. The SMILES string of the molecule is O=C(c1ccccc1)c1ccc2c(c1)c1ccccc1[s+]2-c1ccccc1. The molecule has 27 heavy (non-hydrogen) atoms. The molecule has 0 radical (unpaired) electrons. The van der Waals surface area contributed by atoms with Crippen LogP contribution < -0.4 is 0 Å². The minimum atomic E-state index is -0.118. The standard InChI is InChI=1S/C25H17OS/c26-25(18-9-3-1-4-10-18)19-15-16-24-22(17-19)21-13-7-8-14-23(21)27(24)20-11-5-2-6-12-20/h1-17H/q+1. The third-order valence-corrected chi connectivity index (χ3v) is 7.21. The minimum Gasteiger partial charge on any atom is -0.289 e. The maximum Gasteiger partial charge on any atom is 0.193 e. The molecule has 0 N–H and O–H groups in total. The summed E-state index contributed by atoms with van der Waals surface area (Å²) in [6, 6.07) is 34.9. The number of carbonyl (C=O) groups excluding carboxylic acids is 1. The molecule has 2 heteroatoms. The Kier molecular flexibility index (Phi) is 3.84. The van der Waals surface area contributed by atoms with Crippen LogP contribution in [-0.2, 0) is 0 Å². The van der Waals surface area contributed by atoms with Gasteiger partial charge in [-0.3, -0.25) is 4.79 Å². The highest BCUT2D eigenvalue weighted by Crippen LogP contribution is 2.48. The van der Waals surface area contributed by atoms with Gasteiger partial charge in [0.2, 0.25) is 0 Å². The lowest BCUT2D eigenvalue weighted by Gasteiger charge is -2.01. The first-order chi connectivity index (χ1) is 13.3. The van der Waals surface area contributed by atoms with Gasteiger partial charge < -0.3 is 0 Å². The number of thiophene rings is 1. The van der Waals surface area contributed by atoms with E-state index in [-0.39, 0.29) is 16.3 Å². The zero-order valence-corrected chi connectivity index (χ0v) is 15.4. The number of hydrogen-bond acceptors (Lipinski definition) is 1. The molecular weight excluding hydrogens is 348 g/mol. The van der Waals surface area contributed by atoms with Crippen molar-refractivity contribution in [1.29, 1.82) is 0 Å². The summed E-state index contributed by atoms with van der Waals surface area (Å²) in [5.74, 6) is 0.0716. The second kappa shape index (κ2) is 6.49. The molecule has 1 unspecified atom stereocenters. The first-order valence-corrected chi connectivity index (χ1v) is 10.2. The molecule has 1 aromatic heterocycles. The van der Waals surface area contributed by atoms with Gasteiger partial charge in [0.25, 0.3) is 0 Å².